The van der Waals surface area contributed by atoms with Crippen LogP contribution in [0.15, 0.2) is 35.1 Å². The van der Waals surface area contributed by atoms with Gasteiger partial charge < -0.3 is 10.3 Å². The number of benzene rings is 1. The second kappa shape index (κ2) is 3.57. The van der Waals surface area contributed by atoms with Crippen molar-refractivity contribution in [1.82, 2.24) is 5.16 Å². The Bertz CT molecular complexity index is 503. The van der Waals surface area contributed by atoms with Gasteiger partial charge in [0.05, 0.1) is 0 Å². The van der Waals surface area contributed by atoms with Gasteiger partial charge in [0.2, 0.25) is 0 Å². The van der Waals surface area contributed by atoms with E-state index in [4.69, 9.17) is 10.3 Å². The molecule has 0 radical (unpaired) electrons. The van der Waals surface area contributed by atoms with Gasteiger partial charge in [0.25, 0.3) is 5.91 Å². The maximum atomic E-state index is 11.1. The summed E-state index contributed by atoms with van der Waals surface area (Å²) < 4.78 is 4.77. The molecule has 4 nitrogen and oxygen atoms in total. The molecule has 2 rings (SSSR count). The standard InChI is InChI=1S/C11H10N2O2/c1-7-4-2-3-5-8(7)10-9(11(12)14)6-15-13-10/h2-6H,1H3,(H2,12,14). The predicted octanol–water partition coefficient (Wildman–Crippen LogP) is 1.75. The van der Waals surface area contributed by atoms with Crippen molar-refractivity contribution in [3.63, 3.8) is 0 Å². The molecular formula is C11H10N2O2. The highest BCUT2D eigenvalue weighted by Gasteiger charge is 2.15. The van der Waals surface area contributed by atoms with Crippen LogP contribution >= 0.6 is 0 Å². The van der Waals surface area contributed by atoms with Crippen molar-refractivity contribution < 1.29 is 9.32 Å². The van der Waals surface area contributed by atoms with Crippen molar-refractivity contribution in [3.8, 4) is 11.3 Å². The highest BCUT2D eigenvalue weighted by molar-refractivity contribution is 5.98. The molecule has 4 heteroatoms. The number of amides is 1. The second-order valence-corrected chi connectivity index (χ2v) is 3.26. The van der Waals surface area contributed by atoms with Gasteiger partial charge in [-0.25, -0.2) is 0 Å². The lowest BCUT2D eigenvalue weighted by molar-refractivity contribution is 0.1000. The zero-order valence-electron chi connectivity index (χ0n) is 8.23. The number of hydrogen-bond donors (Lipinski definition) is 1. The SMILES string of the molecule is Cc1ccccc1-c1nocc1C(N)=O. The van der Waals surface area contributed by atoms with Crippen LogP contribution in [-0.2, 0) is 0 Å². The fourth-order valence-electron chi connectivity index (χ4n) is 1.44. The fourth-order valence-corrected chi connectivity index (χ4v) is 1.44. The van der Waals surface area contributed by atoms with Gasteiger partial charge in [-0.15, -0.1) is 0 Å². The minimum Gasteiger partial charge on any atom is -0.365 e. The Morgan fingerprint density at radius 3 is 2.80 bits per heavy atom. The topological polar surface area (TPSA) is 69.1 Å². The molecule has 1 aromatic carbocycles. The Kier molecular flexibility index (Phi) is 2.25. The van der Waals surface area contributed by atoms with Gasteiger partial charge in [0, 0.05) is 5.56 Å². The van der Waals surface area contributed by atoms with Crippen LogP contribution in [0, 0.1) is 6.92 Å². The van der Waals surface area contributed by atoms with Gasteiger partial charge in [-0.05, 0) is 12.5 Å². The van der Waals surface area contributed by atoms with Crippen LogP contribution in [0.2, 0.25) is 0 Å². The normalized spacial score (nSPS) is 10.2. The molecule has 0 bridgehead atoms. The van der Waals surface area contributed by atoms with E-state index < -0.39 is 5.91 Å². The summed E-state index contributed by atoms with van der Waals surface area (Å²) in [6.45, 7) is 1.94. The van der Waals surface area contributed by atoms with Crippen LogP contribution in [0.25, 0.3) is 11.3 Å². The highest BCUT2D eigenvalue weighted by atomic mass is 16.5. The quantitative estimate of drug-likeness (QED) is 0.806. The minimum absolute atomic E-state index is 0.310. The van der Waals surface area contributed by atoms with Gasteiger partial charge in [-0.3, -0.25) is 4.79 Å². The molecule has 0 aliphatic heterocycles. The molecule has 2 aromatic rings. The molecule has 0 saturated carbocycles. The number of rotatable bonds is 2. The number of hydrogen-bond acceptors (Lipinski definition) is 3. The smallest absolute Gasteiger partial charge is 0.254 e. The lowest BCUT2D eigenvalue weighted by Gasteiger charge is -2.01. The summed E-state index contributed by atoms with van der Waals surface area (Å²) in [6.07, 6.45) is 1.27. The summed E-state index contributed by atoms with van der Waals surface area (Å²) >= 11 is 0. The summed E-state index contributed by atoms with van der Waals surface area (Å²) in [4.78, 5) is 11.1. The summed E-state index contributed by atoms with van der Waals surface area (Å²) in [5, 5.41) is 3.79. The van der Waals surface area contributed by atoms with E-state index in [-0.39, 0.29) is 0 Å². The molecule has 0 aliphatic carbocycles. The van der Waals surface area contributed by atoms with Gasteiger partial charge >= 0.3 is 0 Å². The summed E-state index contributed by atoms with van der Waals surface area (Å²) in [6, 6.07) is 7.61. The molecule has 1 amide bonds. The largest absolute Gasteiger partial charge is 0.365 e. The lowest BCUT2D eigenvalue weighted by Crippen LogP contribution is -2.11. The molecular weight excluding hydrogens is 192 g/mol. The van der Waals surface area contributed by atoms with E-state index in [1.165, 1.54) is 6.26 Å². The first kappa shape index (κ1) is 9.45. The molecule has 0 saturated heterocycles. The van der Waals surface area contributed by atoms with Crippen molar-refractivity contribution in [2.45, 2.75) is 6.92 Å². The molecule has 0 atom stereocenters. The van der Waals surface area contributed by atoms with Crippen molar-refractivity contribution in [1.29, 1.82) is 0 Å². The number of primary amides is 1. The Labute approximate surface area is 86.7 Å². The number of nitrogens with zero attached hydrogens (tertiary/aromatic N) is 1. The van der Waals surface area contributed by atoms with E-state index >= 15 is 0 Å². The zero-order valence-corrected chi connectivity index (χ0v) is 8.23. The average molecular weight is 202 g/mol. The highest BCUT2D eigenvalue weighted by Crippen LogP contribution is 2.24. The van der Waals surface area contributed by atoms with Gasteiger partial charge in [-0.1, -0.05) is 29.4 Å². The molecule has 0 unspecified atom stereocenters. The number of carbonyl (C=O) groups is 1. The van der Waals surface area contributed by atoms with Crippen molar-refractivity contribution in [2.24, 2.45) is 5.73 Å². The van der Waals surface area contributed by atoms with Crippen LogP contribution in [0.4, 0.5) is 0 Å². The van der Waals surface area contributed by atoms with Gasteiger partial charge in [0.1, 0.15) is 17.5 Å². The molecule has 1 heterocycles. The number of aromatic nitrogens is 1. The second-order valence-electron chi connectivity index (χ2n) is 3.26. The molecule has 2 N–H and O–H groups in total. The van der Waals surface area contributed by atoms with E-state index in [1.54, 1.807) is 0 Å². The van der Waals surface area contributed by atoms with E-state index in [0.717, 1.165) is 11.1 Å². The third-order valence-electron chi connectivity index (χ3n) is 2.24. The van der Waals surface area contributed by atoms with E-state index in [0.29, 0.717) is 11.3 Å². The van der Waals surface area contributed by atoms with Crippen LogP contribution in [0.1, 0.15) is 15.9 Å². The molecule has 0 spiro atoms. The summed E-state index contributed by atoms with van der Waals surface area (Å²) in [5.41, 5.74) is 7.90. The van der Waals surface area contributed by atoms with Crippen molar-refractivity contribution in [3.05, 3.63) is 41.7 Å². The first-order valence-electron chi connectivity index (χ1n) is 4.50. The van der Waals surface area contributed by atoms with E-state index in [2.05, 4.69) is 5.16 Å². The Hall–Kier alpha value is -2.10. The van der Waals surface area contributed by atoms with Gasteiger partial charge in [-0.2, -0.15) is 0 Å². The van der Waals surface area contributed by atoms with E-state index in [1.807, 2.05) is 31.2 Å². The number of carbonyl (C=O) groups excluding carboxylic acids is 1. The molecule has 1 aromatic heterocycles. The molecule has 0 fully saturated rings. The number of aryl methyl sites for hydroxylation is 1. The predicted molar refractivity (Wildman–Crippen MR) is 55.2 cm³/mol. The Balaban J connectivity index is 2.59. The fraction of sp³-hybridized carbons (Fsp3) is 0.0909. The first-order chi connectivity index (χ1) is 7.20. The molecule has 15 heavy (non-hydrogen) atoms. The van der Waals surface area contributed by atoms with Gasteiger partial charge in [0.15, 0.2) is 0 Å². The maximum absolute atomic E-state index is 11.1. The monoisotopic (exact) mass is 202 g/mol. The van der Waals surface area contributed by atoms with Crippen LogP contribution in [-0.4, -0.2) is 11.1 Å². The first-order valence-corrected chi connectivity index (χ1v) is 4.50. The maximum Gasteiger partial charge on any atom is 0.254 e. The van der Waals surface area contributed by atoms with Crippen molar-refractivity contribution in [2.75, 3.05) is 0 Å². The Morgan fingerprint density at radius 1 is 1.40 bits per heavy atom. The third-order valence-corrected chi connectivity index (χ3v) is 2.24. The molecule has 0 aliphatic rings. The van der Waals surface area contributed by atoms with E-state index in [9.17, 15) is 4.79 Å². The van der Waals surface area contributed by atoms with Crippen LogP contribution in [0.5, 0.6) is 0 Å². The minimum atomic E-state index is -0.533. The molecule has 76 valence electrons. The summed E-state index contributed by atoms with van der Waals surface area (Å²) in [5.74, 6) is -0.533. The summed E-state index contributed by atoms with van der Waals surface area (Å²) in [7, 11) is 0. The average Bonchev–Trinajstić information content (AvgIpc) is 2.67. The Morgan fingerprint density at radius 2 is 2.13 bits per heavy atom. The lowest BCUT2D eigenvalue weighted by atomic mass is 10.0. The van der Waals surface area contributed by atoms with Crippen LogP contribution in [0.3, 0.4) is 0 Å². The third kappa shape index (κ3) is 1.61. The van der Waals surface area contributed by atoms with Crippen LogP contribution < -0.4 is 5.73 Å². The zero-order chi connectivity index (χ0) is 10.8. The number of nitrogens with two attached hydrogens (primary N) is 1. The van der Waals surface area contributed by atoms with Crippen molar-refractivity contribution >= 4 is 5.91 Å².